The van der Waals surface area contributed by atoms with Gasteiger partial charge < -0.3 is 4.57 Å². The Hall–Kier alpha value is -7.74. The molecule has 0 aliphatic heterocycles. The van der Waals surface area contributed by atoms with E-state index in [1.165, 1.54) is 132 Å². The van der Waals surface area contributed by atoms with Crippen molar-refractivity contribution in [3.8, 4) is 27.9 Å². The van der Waals surface area contributed by atoms with Gasteiger partial charge in [-0.2, -0.15) is 0 Å². The number of hydrogen-bond donors (Lipinski definition) is 0. The summed E-state index contributed by atoms with van der Waals surface area (Å²) in [5, 5.41) is 10.3. The van der Waals surface area contributed by atoms with Crippen LogP contribution in [0.5, 0.6) is 0 Å². The van der Waals surface area contributed by atoms with E-state index in [1.54, 1.807) is 0 Å². The summed E-state index contributed by atoms with van der Waals surface area (Å²) in [6, 6.07) is 73.7. The molecule has 1 aromatic heterocycles. The first-order valence-corrected chi connectivity index (χ1v) is 23.5. The molecule has 0 spiro atoms. The molecule has 2 aliphatic carbocycles. The molecule has 2 aliphatic rings. The van der Waals surface area contributed by atoms with Crippen LogP contribution in [0.2, 0.25) is 0 Å². The zero-order valence-corrected chi connectivity index (χ0v) is 38.1. The monoisotopic (exact) mass is 843 g/mol. The molecule has 0 fully saturated rings. The van der Waals surface area contributed by atoms with Gasteiger partial charge in [-0.25, -0.2) is 0 Å². The van der Waals surface area contributed by atoms with Crippen molar-refractivity contribution < 1.29 is 0 Å². The van der Waals surface area contributed by atoms with Gasteiger partial charge in [-0.3, -0.25) is 0 Å². The Kier molecular flexibility index (Phi) is 8.28. The SMILES string of the molecule is C/C=C\C1=C(C)C(C)(C)c2cc3c4ccccc4n(-c4ccc5c(c4)C(c4ccccc4)(c4ccccc4C)c4cc(-c6ccc7c8ccccc8c8ccccc8c7c6)ccc4-5)c3cc21. The Morgan fingerprint density at radius 2 is 0.985 bits per heavy atom. The third-order valence-electron chi connectivity index (χ3n) is 15.7. The van der Waals surface area contributed by atoms with Crippen molar-refractivity contribution in [2.24, 2.45) is 0 Å². The van der Waals surface area contributed by atoms with Gasteiger partial charge in [-0.15, -0.1) is 0 Å². The van der Waals surface area contributed by atoms with Crippen LogP contribution in [0.25, 0.3) is 87.6 Å². The molecule has 1 nitrogen and oxygen atoms in total. The third-order valence-corrected chi connectivity index (χ3v) is 15.7. The quantitative estimate of drug-likeness (QED) is 0.152. The first-order chi connectivity index (χ1) is 32.3. The zero-order valence-electron chi connectivity index (χ0n) is 38.1. The number of fused-ring (bicyclic) bond motifs is 13. The van der Waals surface area contributed by atoms with Crippen LogP contribution in [0.3, 0.4) is 0 Å². The van der Waals surface area contributed by atoms with Gasteiger partial charge in [0.25, 0.3) is 0 Å². The van der Waals surface area contributed by atoms with E-state index in [1.807, 2.05) is 0 Å². The Bertz CT molecular complexity index is 3890. The van der Waals surface area contributed by atoms with Crippen LogP contribution in [0, 0.1) is 6.92 Å². The molecule has 11 aromatic rings. The molecule has 66 heavy (non-hydrogen) atoms. The van der Waals surface area contributed by atoms with E-state index in [-0.39, 0.29) is 5.41 Å². The molecule has 0 saturated carbocycles. The number of allylic oxidation sites excluding steroid dienone is 4. The fraction of sp³-hybridized carbons (Fsp3) is 0.108. The molecule has 1 heterocycles. The Morgan fingerprint density at radius 3 is 1.70 bits per heavy atom. The summed E-state index contributed by atoms with van der Waals surface area (Å²) in [7, 11) is 0. The summed E-state index contributed by atoms with van der Waals surface area (Å²) >= 11 is 0. The average Bonchev–Trinajstić information content (AvgIpc) is 3.91. The van der Waals surface area contributed by atoms with E-state index in [9.17, 15) is 0 Å². The normalized spacial score (nSPS) is 16.3. The summed E-state index contributed by atoms with van der Waals surface area (Å²) in [6.45, 7) is 11.5. The van der Waals surface area contributed by atoms with Gasteiger partial charge >= 0.3 is 0 Å². The number of hydrogen-bond acceptors (Lipinski definition) is 0. The lowest BCUT2D eigenvalue weighted by atomic mass is 9.66. The predicted octanol–water partition coefficient (Wildman–Crippen LogP) is 17.2. The highest BCUT2D eigenvalue weighted by Crippen LogP contribution is 2.58. The molecule has 1 atom stereocenters. The van der Waals surface area contributed by atoms with Gasteiger partial charge in [-0.05, 0) is 162 Å². The van der Waals surface area contributed by atoms with Crippen molar-refractivity contribution in [2.75, 3.05) is 0 Å². The number of benzene rings is 10. The Balaban J connectivity index is 1.08. The van der Waals surface area contributed by atoms with E-state index in [4.69, 9.17) is 0 Å². The second-order valence-corrected chi connectivity index (χ2v) is 19.2. The van der Waals surface area contributed by atoms with E-state index in [0.29, 0.717) is 0 Å². The van der Waals surface area contributed by atoms with Gasteiger partial charge in [0.1, 0.15) is 0 Å². The maximum absolute atomic E-state index is 2.53. The van der Waals surface area contributed by atoms with Crippen LogP contribution in [0.15, 0.2) is 212 Å². The van der Waals surface area contributed by atoms with Crippen LogP contribution in [0.1, 0.15) is 66.6 Å². The highest BCUT2D eigenvalue weighted by Gasteiger charge is 2.47. The smallest absolute Gasteiger partial charge is 0.0717 e. The van der Waals surface area contributed by atoms with Crippen molar-refractivity contribution in [1.29, 1.82) is 0 Å². The van der Waals surface area contributed by atoms with Gasteiger partial charge in [0, 0.05) is 21.9 Å². The second kappa shape index (κ2) is 14.1. The summed E-state index contributed by atoms with van der Waals surface area (Å²) in [5.74, 6) is 0. The third kappa shape index (κ3) is 5.17. The van der Waals surface area contributed by atoms with Gasteiger partial charge in [-0.1, -0.05) is 183 Å². The second-order valence-electron chi connectivity index (χ2n) is 19.2. The van der Waals surface area contributed by atoms with Crippen molar-refractivity contribution in [3.05, 3.63) is 251 Å². The molecule has 0 N–H and O–H groups in total. The standard InChI is InChI=1S/C65H49N/c1-6-18-46-41(3)64(4,5)59-38-57-54-26-15-17-28-62(54)66(63(57)39-56(46)59)45-31-34-53-52-33-30-43(42-29-32-51-49-24-12-11-22-47(49)48-23-13-14-25-50(48)55(51)35-42)36-60(52)65(61(53)37-45,44-20-8-7-9-21-44)58-27-16-10-19-40(58)2/h6-39H,1-5H3/b18-6-. The minimum Gasteiger partial charge on any atom is -0.309 e. The van der Waals surface area contributed by atoms with Gasteiger partial charge in [0.15, 0.2) is 0 Å². The van der Waals surface area contributed by atoms with E-state index < -0.39 is 5.41 Å². The first-order valence-electron chi connectivity index (χ1n) is 23.5. The van der Waals surface area contributed by atoms with Gasteiger partial charge in [0.2, 0.25) is 0 Å². The lowest BCUT2D eigenvalue weighted by molar-refractivity contribution is 0.640. The molecule has 0 bridgehead atoms. The maximum Gasteiger partial charge on any atom is 0.0717 e. The van der Waals surface area contributed by atoms with Crippen molar-refractivity contribution in [2.45, 2.75) is 45.4 Å². The largest absolute Gasteiger partial charge is 0.309 e. The maximum atomic E-state index is 2.53. The number of para-hydroxylation sites is 1. The van der Waals surface area contributed by atoms with Crippen LogP contribution in [-0.2, 0) is 10.8 Å². The van der Waals surface area contributed by atoms with Crippen molar-refractivity contribution in [1.82, 2.24) is 4.57 Å². The lowest BCUT2D eigenvalue weighted by Gasteiger charge is -2.35. The number of aryl methyl sites for hydroxylation is 1. The summed E-state index contributed by atoms with van der Waals surface area (Å²) in [6.07, 6.45) is 4.49. The molecular formula is C65H49N. The fourth-order valence-corrected chi connectivity index (χ4v) is 12.3. The van der Waals surface area contributed by atoms with Crippen LogP contribution >= 0.6 is 0 Å². The summed E-state index contributed by atoms with van der Waals surface area (Å²) in [5.41, 5.74) is 19.9. The Labute approximate surface area is 386 Å². The van der Waals surface area contributed by atoms with Crippen LogP contribution < -0.4 is 0 Å². The lowest BCUT2D eigenvalue weighted by Crippen LogP contribution is -2.29. The molecule has 314 valence electrons. The predicted molar refractivity (Wildman–Crippen MR) is 281 cm³/mol. The number of nitrogens with zero attached hydrogens (tertiary/aromatic N) is 1. The zero-order chi connectivity index (χ0) is 44.5. The topological polar surface area (TPSA) is 4.93 Å². The number of aromatic nitrogens is 1. The molecule has 13 rings (SSSR count). The minimum absolute atomic E-state index is 0.0579. The van der Waals surface area contributed by atoms with Crippen LogP contribution in [-0.4, -0.2) is 4.57 Å². The molecule has 0 amide bonds. The summed E-state index contributed by atoms with van der Waals surface area (Å²) < 4.78 is 2.53. The molecule has 1 unspecified atom stereocenters. The van der Waals surface area contributed by atoms with Gasteiger partial charge in [0.05, 0.1) is 16.4 Å². The van der Waals surface area contributed by atoms with E-state index >= 15 is 0 Å². The van der Waals surface area contributed by atoms with Crippen molar-refractivity contribution in [3.63, 3.8) is 0 Å². The number of rotatable bonds is 5. The van der Waals surface area contributed by atoms with E-state index in [0.717, 1.165) is 0 Å². The highest BCUT2D eigenvalue weighted by molar-refractivity contribution is 6.25. The molecule has 1 heteroatoms. The molecule has 0 saturated heterocycles. The minimum atomic E-state index is -0.591. The molecular weight excluding hydrogens is 795 g/mol. The molecule has 10 aromatic carbocycles. The first kappa shape index (κ1) is 38.7. The van der Waals surface area contributed by atoms with Crippen LogP contribution in [0.4, 0.5) is 0 Å². The van der Waals surface area contributed by atoms with Crippen molar-refractivity contribution >= 4 is 59.7 Å². The summed E-state index contributed by atoms with van der Waals surface area (Å²) in [4.78, 5) is 0. The fourth-order valence-electron chi connectivity index (χ4n) is 12.3. The Morgan fingerprint density at radius 1 is 0.409 bits per heavy atom. The highest BCUT2D eigenvalue weighted by atomic mass is 15.0. The average molecular weight is 844 g/mol. The molecule has 0 radical (unpaired) electrons. The van der Waals surface area contributed by atoms with E-state index in [2.05, 4.69) is 245 Å².